The number of hydrogen-bond acceptors (Lipinski definition) is 1. The van der Waals surface area contributed by atoms with Crippen molar-refractivity contribution >= 4 is 56.7 Å². The van der Waals surface area contributed by atoms with Gasteiger partial charge >= 0.3 is 0 Å². The summed E-state index contributed by atoms with van der Waals surface area (Å²) in [6.45, 7) is 4.37. The fourth-order valence-corrected chi connectivity index (χ4v) is 13.2. The Morgan fingerprint density at radius 2 is 0.960 bits per heavy atom. The first-order chi connectivity index (χ1) is 24.6. The average Bonchev–Trinajstić information content (AvgIpc) is 3.48. The van der Waals surface area contributed by atoms with Gasteiger partial charge in [0.05, 0.1) is 5.69 Å². The third kappa shape index (κ3) is 4.83. The summed E-state index contributed by atoms with van der Waals surface area (Å²) < 4.78 is 0. The fraction of sp³-hybridized carbons (Fsp3) is 0.0417. The summed E-state index contributed by atoms with van der Waals surface area (Å²) in [5.41, 5.74) is 11.1. The second kappa shape index (κ2) is 12.2. The Hall–Kier alpha value is -5.96. The van der Waals surface area contributed by atoms with Crippen LogP contribution in [0, 0.1) is 13.8 Å². The SMILES string of the molecule is Cc1ccc([Si]2(c3ccc(C)cc3)c3ccccc3-c3c(N(c4ccc(-c5ccccc5)cc4)c4ccc5ccccc5c4)cccc32)cc1. The van der Waals surface area contributed by atoms with Crippen molar-refractivity contribution in [3.63, 3.8) is 0 Å². The molecule has 8 aromatic carbocycles. The smallest absolute Gasteiger partial charge is 0.180 e. The number of fused-ring (bicyclic) bond motifs is 4. The van der Waals surface area contributed by atoms with E-state index >= 15 is 0 Å². The van der Waals surface area contributed by atoms with Crippen LogP contribution >= 0.6 is 0 Å². The van der Waals surface area contributed by atoms with Crippen LogP contribution in [-0.2, 0) is 0 Å². The number of nitrogens with zero attached hydrogens (tertiary/aromatic N) is 1. The Morgan fingerprint density at radius 3 is 1.66 bits per heavy atom. The van der Waals surface area contributed by atoms with Gasteiger partial charge in [-0.25, -0.2) is 0 Å². The molecule has 50 heavy (non-hydrogen) atoms. The number of hydrogen-bond donors (Lipinski definition) is 0. The molecular weight excluding hydrogens is 619 g/mol. The van der Waals surface area contributed by atoms with E-state index in [1.54, 1.807) is 0 Å². The number of benzene rings is 8. The lowest BCUT2D eigenvalue weighted by molar-refractivity contribution is 1.29. The van der Waals surface area contributed by atoms with Crippen molar-refractivity contribution in [3.8, 4) is 22.3 Å². The van der Waals surface area contributed by atoms with Gasteiger partial charge in [0.25, 0.3) is 0 Å². The van der Waals surface area contributed by atoms with E-state index in [1.807, 2.05) is 0 Å². The Kier molecular flexibility index (Phi) is 7.33. The van der Waals surface area contributed by atoms with Crippen LogP contribution in [0.4, 0.5) is 17.1 Å². The van der Waals surface area contributed by atoms with E-state index in [9.17, 15) is 0 Å². The van der Waals surface area contributed by atoms with Crippen molar-refractivity contribution in [1.29, 1.82) is 0 Å². The molecule has 8 aromatic rings. The molecule has 0 saturated carbocycles. The van der Waals surface area contributed by atoms with Crippen molar-refractivity contribution in [2.75, 3.05) is 4.90 Å². The second-order valence-electron chi connectivity index (χ2n) is 13.5. The van der Waals surface area contributed by atoms with Crippen molar-refractivity contribution < 1.29 is 0 Å². The minimum atomic E-state index is -2.67. The lowest BCUT2D eigenvalue weighted by Gasteiger charge is -2.32. The van der Waals surface area contributed by atoms with E-state index in [2.05, 4.69) is 207 Å². The molecular formula is C48H37NSi. The van der Waals surface area contributed by atoms with Crippen molar-refractivity contribution in [1.82, 2.24) is 0 Å². The first kappa shape index (κ1) is 30.1. The third-order valence-corrected chi connectivity index (χ3v) is 15.3. The Morgan fingerprint density at radius 1 is 0.400 bits per heavy atom. The highest BCUT2D eigenvalue weighted by atomic mass is 28.3. The predicted molar refractivity (Wildman–Crippen MR) is 216 cm³/mol. The largest absolute Gasteiger partial charge is 0.310 e. The summed E-state index contributed by atoms with van der Waals surface area (Å²) in [6.07, 6.45) is 0. The summed E-state index contributed by atoms with van der Waals surface area (Å²) in [7, 11) is -2.67. The van der Waals surface area contributed by atoms with Gasteiger partial charge < -0.3 is 4.90 Å². The lowest BCUT2D eigenvalue weighted by atomic mass is 10.0. The monoisotopic (exact) mass is 655 g/mol. The normalized spacial score (nSPS) is 12.8. The quantitative estimate of drug-likeness (QED) is 0.161. The second-order valence-corrected chi connectivity index (χ2v) is 17.2. The van der Waals surface area contributed by atoms with Crippen LogP contribution in [0.25, 0.3) is 33.0 Å². The molecule has 0 unspecified atom stereocenters. The fourth-order valence-electron chi connectivity index (χ4n) is 8.07. The number of rotatable bonds is 6. The molecule has 2 heteroatoms. The summed E-state index contributed by atoms with van der Waals surface area (Å²) in [6, 6.07) is 70.2. The first-order valence-corrected chi connectivity index (χ1v) is 19.4. The van der Waals surface area contributed by atoms with E-state index in [0.717, 1.165) is 11.4 Å². The van der Waals surface area contributed by atoms with Gasteiger partial charge in [-0.2, -0.15) is 0 Å². The van der Waals surface area contributed by atoms with Gasteiger partial charge in [0.15, 0.2) is 8.07 Å². The van der Waals surface area contributed by atoms with Gasteiger partial charge in [0.1, 0.15) is 0 Å². The Bertz CT molecular complexity index is 2430. The topological polar surface area (TPSA) is 3.24 Å². The molecule has 0 aromatic heterocycles. The van der Waals surface area contributed by atoms with Crippen LogP contribution in [0.15, 0.2) is 188 Å². The van der Waals surface area contributed by atoms with E-state index in [1.165, 1.54) is 70.6 Å². The molecule has 0 amide bonds. The molecule has 0 radical (unpaired) electrons. The zero-order valence-electron chi connectivity index (χ0n) is 28.3. The maximum Gasteiger partial charge on any atom is 0.180 e. The van der Waals surface area contributed by atoms with Gasteiger partial charge in [-0.1, -0.05) is 169 Å². The van der Waals surface area contributed by atoms with Crippen LogP contribution in [0.3, 0.4) is 0 Å². The average molecular weight is 656 g/mol. The zero-order valence-corrected chi connectivity index (χ0v) is 29.3. The zero-order chi connectivity index (χ0) is 33.7. The highest BCUT2D eigenvalue weighted by Crippen LogP contribution is 2.44. The Labute approximate surface area is 295 Å². The third-order valence-electron chi connectivity index (χ3n) is 10.5. The summed E-state index contributed by atoms with van der Waals surface area (Å²) >= 11 is 0. The molecule has 1 heterocycles. The standard InChI is InChI=1S/C48H37NSi/c1-34-19-29-42(30-20-34)50(43-31-21-35(2)22-32-43)46-17-9-8-15-44(46)48-45(16-10-18-47(48)50)49(41-28-25-37-13-6-7-14-39(37)33-41)40-26-23-38(24-27-40)36-11-4-3-5-12-36/h3-33H,1-2H3. The molecule has 0 saturated heterocycles. The van der Waals surface area contributed by atoms with Crippen LogP contribution in [0.1, 0.15) is 11.1 Å². The molecule has 0 atom stereocenters. The Balaban J connectivity index is 1.33. The highest BCUT2D eigenvalue weighted by Gasteiger charge is 2.49. The maximum atomic E-state index is 2.48. The summed E-state index contributed by atoms with van der Waals surface area (Å²) in [5.74, 6) is 0. The minimum Gasteiger partial charge on any atom is -0.310 e. The maximum absolute atomic E-state index is 2.67. The molecule has 238 valence electrons. The van der Waals surface area contributed by atoms with Crippen LogP contribution in [0.2, 0.25) is 0 Å². The number of anilines is 3. The van der Waals surface area contributed by atoms with Crippen LogP contribution < -0.4 is 25.6 Å². The molecule has 0 fully saturated rings. The van der Waals surface area contributed by atoms with Gasteiger partial charge in [-0.15, -0.1) is 0 Å². The highest BCUT2D eigenvalue weighted by molar-refractivity contribution is 7.22. The van der Waals surface area contributed by atoms with E-state index in [-0.39, 0.29) is 0 Å². The van der Waals surface area contributed by atoms with Crippen molar-refractivity contribution in [2.24, 2.45) is 0 Å². The summed E-state index contributed by atoms with van der Waals surface area (Å²) in [4.78, 5) is 2.48. The minimum absolute atomic E-state index is 1.13. The van der Waals surface area contributed by atoms with Crippen LogP contribution in [0.5, 0.6) is 0 Å². The van der Waals surface area contributed by atoms with Gasteiger partial charge in [0.2, 0.25) is 0 Å². The molecule has 0 N–H and O–H groups in total. The molecule has 0 spiro atoms. The van der Waals surface area contributed by atoms with Crippen molar-refractivity contribution in [2.45, 2.75) is 13.8 Å². The van der Waals surface area contributed by atoms with E-state index < -0.39 is 8.07 Å². The van der Waals surface area contributed by atoms with Crippen molar-refractivity contribution in [3.05, 3.63) is 199 Å². The molecule has 1 aliphatic rings. The van der Waals surface area contributed by atoms with Gasteiger partial charge in [0, 0.05) is 16.9 Å². The first-order valence-electron chi connectivity index (χ1n) is 17.4. The molecule has 1 nitrogen and oxygen atoms in total. The van der Waals surface area contributed by atoms with E-state index in [4.69, 9.17) is 0 Å². The van der Waals surface area contributed by atoms with Gasteiger partial charge in [-0.05, 0) is 92.4 Å². The summed E-state index contributed by atoms with van der Waals surface area (Å²) in [5, 5.41) is 8.19. The number of aryl methyl sites for hydroxylation is 2. The van der Waals surface area contributed by atoms with Gasteiger partial charge in [-0.3, -0.25) is 0 Å². The molecule has 0 aliphatic carbocycles. The predicted octanol–water partition coefficient (Wildman–Crippen LogP) is 9.95. The molecule has 0 bridgehead atoms. The van der Waals surface area contributed by atoms with E-state index in [0.29, 0.717) is 0 Å². The molecule has 9 rings (SSSR count). The van der Waals surface area contributed by atoms with Crippen LogP contribution in [-0.4, -0.2) is 8.07 Å². The lowest BCUT2D eigenvalue weighted by Crippen LogP contribution is -2.72. The molecule has 1 aliphatic heterocycles.